The zero-order valence-electron chi connectivity index (χ0n) is 9.26. The Hall–Kier alpha value is -1.05. The lowest BCUT2D eigenvalue weighted by Crippen LogP contribution is -2.21. The fourth-order valence-corrected chi connectivity index (χ4v) is 1.25. The largest absolute Gasteiger partial charge is 0.382 e. The highest BCUT2D eigenvalue weighted by Gasteiger charge is 2.07. The van der Waals surface area contributed by atoms with Crippen molar-refractivity contribution in [2.45, 2.75) is 33.7 Å². The van der Waals surface area contributed by atoms with Crippen LogP contribution in [-0.4, -0.2) is 6.04 Å². The summed E-state index contributed by atoms with van der Waals surface area (Å²) < 4.78 is 13.0. The smallest absolute Gasteiger partial charge is 0.125 e. The molecule has 14 heavy (non-hydrogen) atoms. The van der Waals surface area contributed by atoms with Gasteiger partial charge in [0.25, 0.3) is 0 Å². The first-order valence-corrected chi connectivity index (χ1v) is 5.03. The van der Waals surface area contributed by atoms with E-state index in [0.29, 0.717) is 12.0 Å². The summed E-state index contributed by atoms with van der Waals surface area (Å²) in [6.07, 6.45) is 0. The molecule has 1 atom stereocenters. The molecule has 78 valence electrons. The third kappa shape index (κ3) is 3.02. The zero-order chi connectivity index (χ0) is 10.7. The standard InChI is InChI=1S/C12H18FN/c1-8(2)10(4)14-12-6-9(3)5-11(13)7-12/h5-8,10,14H,1-4H3. The van der Waals surface area contributed by atoms with Crippen molar-refractivity contribution < 1.29 is 4.39 Å². The van der Waals surface area contributed by atoms with Gasteiger partial charge in [0.15, 0.2) is 0 Å². The number of hydrogen-bond donors (Lipinski definition) is 1. The van der Waals surface area contributed by atoms with Crippen molar-refractivity contribution >= 4 is 5.69 Å². The van der Waals surface area contributed by atoms with Crippen LogP contribution in [0.2, 0.25) is 0 Å². The van der Waals surface area contributed by atoms with E-state index in [4.69, 9.17) is 0 Å². The van der Waals surface area contributed by atoms with Crippen molar-refractivity contribution in [3.8, 4) is 0 Å². The maximum absolute atomic E-state index is 13.0. The molecule has 0 aliphatic carbocycles. The molecule has 1 aromatic carbocycles. The van der Waals surface area contributed by atoms with Gasteiger partial charge in [-0.25, -0.2) is 4.39 Å². The van der Waals surface area contributed by atoms with Gasteiger partial charge in [-0.1, -0.05) is 13.8 Å². The minimum atomic E-state index is -0.177. The molecule has 0 heterocycles. The Labute approximate surface area is 85.3 Å². The Morgan fingerprint density at radius 2 is 1.79 bits per heavy atom. The lowest BCUT2D eigenvalue weighted by molar-refractivity contribution is 0.559. The molecule has 1 nitrogen and oxygen atoms in total. The topological polar surface area (TPSA) is 12.0 Å². The summed E-state index contributed by atoms with van der Waals surface area (Å²) in [6, 6.07) is 5.38. The quantitative estimate of drug-likeness (QED) is 0.777. The zero-order valence-corrected chi connectivity index (χ0v) is 9.26. The van der Waals surface area contributed by atoms with Crippen LogP contribution >= 0.6 is 0 Å². The Morgan fingerprint density at radius 3 is 2.29 bits per heavy atom. The van der Waals surface area contributed by atoms with Crippen molar-refractivity contribution in [3.63, 3.8) is 0 Å². The van der Waals surface area contributed by atoms with E-state index in [2.05, 4.69) is 26.1 Å². The van der Waals surface area contributed by atoms with E-state index in [0.717, 1.165) is 11.3 Å². The van der Waals surface area contributed by atoms with Crippen LogP contribution in [0.5, 0.6) is 0 Å². The second kappa shape index (κ2) is 4.45. The molecule has 0 saturated heterocycles. The van der Waals surface area contributed by atoms with E-state index >= 15 is 0 Å². The molecule has 0 amide bonds. The highest BCUT2D eigenvalue weighted by atomic mass is 19.1. The van der Waals surface area contributed by atoms with Crippen LogP contribution in [0.4, 0.5) is 10.1 Å². The number of benzene rings is 1. The summed E-state index contributed by atoms with van der Waals surface area (Å²) in [5, 5.41) is 3.28. The average molecular weight is 195 g/mol. The second-order valence-corrected chi connectivity index (χ2v) is 4.19. The van der Waals surface area contributed by atoms with Gasteiger partial charge >= 0.3 is 0 Å². The number of rotatable bonds is 3. The van der Waals surface area contributed by atoms with Crippen LogP contribution in [-0.2, 0) is 0 Å². The van der Waals surface area contributed by atoms with Gasteiger partial charge in [0.2, 0.25) is 0 Å². The molecule has 0 bridgehead atoms. The maximum atomic E-state index is 13.0. The van der Waals surface area contributed by atoms with Crippen LogP contribution < -0.4 is 5.32 Å². The molecular formula is C12H18FN. The summed E-state index contributed by atoms with van der Waals surface area (Å²) in [5.41, 5.74) is 1.81. The summed E-state index contributed by atoms with van der Waals surface area (Å²) in [6.45, 7) is 8.28. The fourth-order valence-electron chi connectivity index (χ4n) is 1.25. The first-order chi connectivity index (χ1) is 6.49. The van der Waals surface area contributed by atoms with E-state index in [1.165, 1.54) is 12.1 Å². The van der Waals surface area contributed by atoms with Crippen LogP contribution in [0.15, 0.2) is 18.2 Å². The van der Waals surface area contributed by atoms with E-state index in [1.54, 1.807) is 0 Å². The molecule has 0 spiro atoms. The van der Waals surface area contributed by atoms with Crippen molar-refractivity contribution in [1.29, 1.82) is 0 Å². The molecule has 1 aromatic rings. The summed E-state index contributed by atoms with van der Waals surface area (Å²) in [4.78, 5) is 0. The van der Waals surface area contributed by atoms with Crippen LogP contribution in [0.3, 0.4) is 0 Å². The number of hydrogen-bond acceptors (Lipinski definition) is 1. The maximum Gasteiger partial charge on any atom is 0.125 e. The average Bonchev–Trinajstić information content (AvgIpc) is 2.01. The number of aryl methyl sites for hydroxylation is 1. The SMILES string of the molecule is Cc1cc(F)cc(NC(C)C(C)C)c1. The van der Waals surface area contributed by atoms with E-state index in [-0.39, 0.29) is 5.82 Å². The molecule has 0 saturated carbocycles. The molecule has 1 unspecified atom stereocenters. The normalized spacial score (nSPS) is 13.0. The van der Waals surface area contributed by atoms with E-state index in [1.807, 2.05) is 13.0 Å². The molecule has 0 aliphatic rings. The van der Waals surface area contributed by atoms with Gasteiger partial charge in [-0.2, -0.15) is 0 Å². The van der Waals surface area contributed by atoms with Crippen molar-refractivity contribution in [2.75, 3.05) is 5.32 Å². The van der Waals surface area contributed by atoms with Crippen molar-refractivity contribution in [1.82, 2.24) is 0 Å². The highest BCUT2D eigenvalue weighted by molar-refractivity contribution is 5.46. The Balaban J connectivity index is 2.76. The lowest BCUT2D eigenvalue weighted by atomic mass is 10.1. The first kappa shape index (κ1) is 11.0. The fraction of sp³-hybridized carbons (Fsp3) is 0.500. The third-order valence-electron chi connectivity index (χ3n) is 2.44. The number of halogens is 1. The van der Waals surface area contributed by atoms with Gasteiger partial charge in [-0.15, -0.1) is 0 Å². The minimum absolute atomic E-state index is 0.177. The van der Waals surface area contributed by atoms with Gasteiger partial charge in [0, 0.05) is 11.7 Å². The van der Waals surface area contributed by atoms with Gasteiger partial charge < -0.3 is 5.32 Å². The predicted molar refractivity (Wildman–Crippen MR) is 59.1 cm³/mol. The lowest BCUT2D eigenvalue weighted by Gasteiger charge is -2.19. The van der Waals surface area contributed by atoms with Crippen LogP contribution in [0.1, 0.15) is 26.3 Å². The summed E-state index contributed by atoms with van der Waals surface area (Å²) >= 11 is 0. The Bertz CT molecular complexity index is 287. The van der Waals surface area contributed by atoms with Gasteiger partial charge in [-0.3, -0.25) is 0 Å². The van der Waals surface area contributed by atoms with Gasteiger partial charge in [0.05, 0.1) is 0 Å². The van der Waals surface area contributed by atoms with E-state index in [9.17, 15) is 4.39 Å². The summed E-state index contributed by atoms with van der Waals surface area (Å²) in [5.74, 6) is 0.363. The highest BCUT2D eigenvalue weighted by Crippen LogP contribution is 2.16. The monoisotopic (exact) mass is 195 g/mol. The molecule has 2 heteroatoms. The Morgan fingerprint density at radius 1 is 1.14 bits per heavy atom. The Kier molecular flexibility index (Phi) is 3.50. The molecular weight excluding hydrogens is 177 g/mol. The molecule has 1 N–H and O–H groups in total. The number of anilines is 1. The van der Waals surface area contributed by atoms with Crippen LogP contribution in [0.25, 0.3) is 0 Å². The predicted octanol–water partition coefficient (Wildman–Crippen LogP) is 3.59. The second-order valence-electron chi connectivity index (χ2n) is 4.19. The molecule has 1 rings (SSSR count). The molecule has 0 radical (unpaired) electrons. The van der Waals surface area contributed by atoms with E-state index < -0.39 is 0 Å². The van der Waals surface area contributed by atoms with Gasteiger partial charge in [0.1, 0.15) is 5.82 Å². The minimum Gasteiger partial charge on any atom is -0.382 e. The van der Waals surface area contributed by atoms with Gasteiger partial charge in [-0.05, 0) is 43.5 Å². The van der Waals surface area contributed by atoms with Crippen molar-refractivity contribution in [2.24, 2.45) is 5.92 Å². The molecule has 0 aromatic heterocycles. The van der Waals surface area contributed by atoms with Crippen LogP contribution in [0, 0.1) is 18.7 Å². The summed E-state index contributed by atoms with van der Waals surface area (Å²) in [7, 11) is 0. The molecule has 0 fully saturated rings. The van der Waals surface area contributed by atoms with Crippen molar-refractivity contribution in [3.05, 3.63) is 29.6 Å². The molecule has 0 aliphatic heterocycles. The first-order valence-electron chi connectivity index (χ1n) is 5.03. The number of nitrogens with one attached hydrogen (secondary N) is 1. The third-order valence-corrected chi connectivity index (χ3v) is 2.44.